The van der Waals surface area contributed by atoms with Crippen LogP contribution in [0.5, 0.6) is 0 Å². The van der Waals surface area contributed by atoms with Gasteiger partial charge < -0.3 is 28.8 Å². The second-order valence-corrected chi connectivity index (χ2v) is 23.4. The number of carbonyl (C=O) groups is 1. The molecule has 0 aliphatic heterocycles. The molecule has 438 valence electrons. The molecular weight excluding hydrogens is 960 g/mol. The van der Waals surface area contributed by atoms with Crippen LogP contribution < -0.4 is 10.2 Å². The van der Waals surface area contributed by atoms with Gasteiger partial charge >= 0.3 is 0 Å². The summed E-state index contributed by atoms with van der Waals surface area (Å²) in [6.07, 6.45) is 82.9. The molecule has 0 saturated carbocycles. The summed E-state index contributed by atoms with van der Waals surface area (Å²) in [7, 11) is 1.26. The molecule has 1 amide bonds. The number of quaternary nitrogens is 1. The third kappa shape index (κ3) is 58.8. The van der Waals surface area contributed by atoms with E-state index in [9.17, 15) is 19.4 Å². The van der Waals surface area contributed by atoms with Gasteiger partial charge in [-0.05, 0) is 77.0 Å². The molecule has 0 rings (SSSR count). The van der Waals surface area contributed by atoms with Crippen molar-refractivity contribution in [3.05, 3.63) is 109 Å². The zero-order valence-electron chi connectivity index (χ0n) is 49.9. The SMILES string of the molecule is CC/C=C\C/C=C\C/C=C\C/C=C\C/C=C\C/C=C\C/C=C\C/C=C\C/C=C\CCCC(=O)NC(COP(=O)([O-])OCC[N+](C)(C)C)C(O)CCCCCCCCCCCCCCCCCCCCCCCCCCC. The van der Waals surface area contributed by atoms with Crippen LogP contribution in [-0.4, -0.2) is 68.5 Å². The number of hydrogen-bond donors (Lipinski definition) is 2. The highest BCUT2D eigenvalue weighted by atomic mass is 31.2. The minimum Gasteiger partial charge on any atom is -0.756 e. The van der Waals surface area contributed by atoms with E-state index in [4.69, 9.17) is 9.05 Å². The number of allylic oxidation sites excluding steroid dienone is 18. The number of unbranched alkanes of at least 4 members (excludes halogenated alkanes) is 25. The van der Waals surface area contributed by atoms with Crippen molar-refractivity contribution in [2.45, 2.75) is 270 Å². The number of rotatable bonds is 56. The maximum atomic E-state index is 13.0. The predicted octanol–water partition coefficient (Wildman–Crippen LogP) is 18.9. The van der Waals surface area contributed by atoms with Gasteiger partial charge in [-0.2, -0.15) is 0 Å². The normalized spacial score (nSPS) is 14.6. The van der Waals surface area contributed by atoms with Crippen molar-refractivity contribution in [3.63, 3.8) is 0 Å². The van der Waals surface area contributed by atoms with Crippen LogP contribution in [0.2, 0.25) is 0 Å². The van der Waals surface area contributed by atoms with E-state index < -0.39 is 20.0 Å². The first-order valence-electron chi connectivity index (χ1n) is 31.2. The Hall–Kier alpha value is -2.84. The second-order valence-electron chi connectivity index (χ2n) is 22.0. The molecule has 0 aromatic carbocycles. The number of phosphoric acid groups is 1. The molecular formula is C67H119N2O6P. The minimum atomic E-state index is -4.60. The van der Waals surface area contributed by atoms with Gasteiger partial charge in [-0.1, -0.05) is 284 Å². The Bertz CT molecular complexity index is 1600. The number of aliphatic hydroxyl groups is 1. The molecule has 0 radical (unpaired) electrons. The molecule has 0 aromatic rings. The van der Waals surface area contributed by atoms with Gasteiger partial charge in [0.15, 0.2) is 0 Å². The van der Waals surface area contributed by atoms with E-state index in [2.05, 4.69) is 129 Å². The summed E-state index contributed by atoms with van der Waals surface area (Å²) in [5, 5.41) is 14.0. The zero-order chi connectivity index (χ0) is 55.6. The smallest absolute Gasteiger partial charge is 0.268 e. The number of nitrogens with zero attached hydrogens (tertiary/aromatic N) is 1. The number of hydrogen-bond acceptors (Lipinski definition) is 6. The first-order valence-corrected chi connectivity index (χ1v) is 32.7. The fourth-order valence-electron chi connectivity index (χ4n) is 8.69. The van der Waals surface area contributed by atoms with E-state index in [1.165, 1.54) is 141 Å². The molecule has 2 N–H and O–H groups in total. The van der Waals surface area contributed by atoms with Crippen molar-refractivity contribution in [3.8, 4) is 0 Å². The lowest BCUT2D eigenvalue weighted by Gasteiger charge is -2.30. The average molecular weight is 1080 g/mol. The van der Waals surface area contributed by atoms with Gasteiger partial charge in [0.1, 0.15) is 13.2 Å². The maximum Gasteiger partial charge on any atom is 0.268 e. The van der Waals surface area contributed by atoms with Crippen molar-refractivity contribution in [1.29, 1.82) is 0 Å². The van der Waals surface area contributed by atoms with Crippen LogP contribution in [0.15, 0.2) is 109 Å². The van der Waals surface area contributed by atoms with Gasteiger partial charge in [-0.3, -0.25) is 9.36 Å². The van der Waals surface area contributed by atoms with E-state index in [0.717, 1.165) is 83.5 Å². The van der Waals surface area contributed by atoms with Crippen LogP contribution in [-0.2, 0) is 18.4 Å². The number of aliphatic hydroxyl groups excluding tert-OH is 1. The summed E-state index contributed by atoms with van der Waals surface area (Å²) >= 11 is 0. The van der Waals surface area contributed by atoms with E-state index >= 15 is 0 Å². The Morgan fingerprint density at radius 2 is 0.789 bits per heavy atom. The summed E-state index contributed by atoms with van der Waals surface area (Å²) in [5.41, 5.74) is 0. The van der Waals surface area contributed by atoms with Crippen LogP contribution in [0.3, 0.4) is 0 Å². The summed E-state index contributed by atoms with van der Waals surface area (Å²) in [4.78, 5) is 25.6. The molecule has 76 heavy (non-hydrogen) atoms. The lowest BCUT2D eigenvalue weighted by atomic mass is 10.0. The number of amides is 1. The van der Waals surface area contributed by atoms with Crippen LogP contribution in [0.1, 0.15) is 258 Å². The number of nitrogens with one attached hydrogen (secondary N) is 1. The van der Waals surface area contributed by atoms with Gasteiger partial charge in [0.25, 0.3) is 7.82 Å². The van der Waals surface area contributed by atoms with E-state index in [-0.39, 0.29) is 25.5 Å². The number of phosphoric ester groups is 1. The van der Waals surface area contributed by atoms with Gasteiger partial charge in [0, 0.05) is 6.42 Å². The van der Waals surface area contributed by atoms with Gasteiger partial charge in [-0.25, -0.2) is 0 Å². The Morgan fingerprint density at radius 1 is 0.474 bits per heavy atom. The first-order chi connectivity index (χ1) is 37.0. The lowest BCUT2D eigenvalue weighted by Crippen LogP contribution is -2.46. The molecule has 0 bridgehead atoms. The van der Waals surface area contributed by atoms with Crippen LogP contribution in [0.4, 0.5) is 0 Å². The summed E-state index contributed by atoms with van der Waals surface area (Å²) in [5.74, 6) is -0.224. The molecule has 0 aliphatic rings. The van der Waals surface area contributed by atoms with E-state index in [0.29, 0.717) is 23.9 Å². The molecule has 0 aromatic heterocycles. The third-order valence-electron chi connectivity index (χ3n) is 13.5. The monoisotopic (exact) mass is 1080 g/mol. The predicted molar refractivity (Wildman–Crippen MR) is 329 cm³/mol. The fraction of sp³-hybridized carbons (Fsp3) is 0.716. The Labute approximate surface area is 470 Å². The first kappa shape index (κ1) is 73.2. The molecule has 0 spiro atoms. The largest absolute Gasteiger partial charge is 0.756 e. The molecule has 9 heteroatoms. The summed E-state index contributed by atoms with van der Waals surface area (Å²) in [6.45, 7) is 4.58. The van der Waals surface area contributed by atoms with Crippen LogP contribution in [0, 0.1) is 0 Å². The van der Waals surface area contributed by atoms with E-state index in [1.54, 1.807) is 0 Å². The molecule has 0 saturated heterocycles. The van der Waals surface area contributed by atoms with Crippen molar-refractivity contribution >= 4 is 13.7 Å². The topological polar surface area (TPSA) is 108 Å². The quantitative estimate of drug-likeness (QED) is 0.0272. The lowest BCUT2D eigenvalue weighted by molar-refractivity contribution is -0.870. The van der Waals surface area contributed by atoms with Crippen molar-refractivity contribution in [2.75, 3.05) is 40.9 Å². The fourth-order valence-corrected chi connectivity index (χ4v) is 9.41. The number of likely N-dealkylation sites (N-methyl/N-ethyl adjacent to an activating group) is 1. The summed E-state index contributed by atoms with van der Waals surface area (Å²) < 4.78 is 23.4. The highest BCUT2D eigenvalue weighted by Gasteiger charge is 2.24. The van der Waals surface area contributed by atoms with Gasteiger partial charge in [-0.15, -0.1) is 0 Å². The van der Waals surface area contributed by atoms with Crippen LogP contribution >= 0.6 is 7.82 Å². The molecule has 0 heterocycles. The van der Waals surface area contributed by atoms with Gasteiger partial charge in [0.05, 0.1) is 39.9 Å². The van der Waals surface area contributed by atoms with E-state index in [1.807, 2.05) is 21.1 Å². The minimum absolute atomic E-state index is 0.00446. The van der Waals surface area contributed by atoms with Crippen molar-refractivity contribution < 1.29 is 32.9 Å². The Morgan fingerprint density at radius 3 is 1.12 bits per heavy atom. The number of carbonyl (C=O) groups excluding carboxylic acids is 1. The molecule has 3 unspecified atom stereocenters. The highest BCUT2D eigenvalue weighted by molar-refractivity contribution is 7.45. The molecule has 0 aliphatic carbocycles. The standard InChI is InChI=1S/C67H119N2O6P/c1-6-8-10-12-14-16-18-20-22-24-26-28-30-32-33-34-35-37-39-41-43-45-47-49-51-53-55-57-59-61-67(71)68-65(64-75-76(72,73)74-63-62-69(3,4)5)66(70)60-58-56-54-52-50-48-46-44-42-40-38-36-31-29-27-25-23-21-19-17-15-13-11-9-7-2/h8,10,14,16,20,22,26,28,32-33,35,37,41,43,47,49,53,55,65-66,70H,6-7,9,11-13,15,17-19,21,23-25,27,29-31,34,36,38-40,42,44-46,48,50-52,54,56-64H2,1-5H3,(H-,68,71,72,73)/b10-8-,16-14-,22-20-,28-26-,33-32-,37-35-,43-41-,49-47-,55-53-. The highest BCUT2D eigenvalue weighted by Crippen LogP contribution is 2.38. The average Bonchev–Trinajstić information content (AvgIpc) is 3.38. The third-order valence-corrected chi connectivity index (χ3v) is 14.5. The Kier molecular flexibility index (Phi) is 54.7. The second kappa shape index (κ2) is 56.9. The Balaban J connectivity index is 4.27. The maximum absolute atomic E-state index is 13.0. The van der Waals surface area contributed by atoms with Crippen LogP contribution in [0.25, 0.3) is 0 Å². The zero-order valence-corrected chi connectivity index (χ0v) is 50.8. The van der Waals surface area contributed by atoms with Crippen molar-refractivity contribution in [2.24, 2.45) is 0 Å². The molecule has 8 nitrogen and oxygen atoms in total. The molecule has 0 fully saturated rings. The van der Waals surface area contributed by atoms with Gasteiger partial charge in [0.2, 0.25) is 5.91 Å². The summed E-state index contributed by atoms with van der Waals surface area (Å²) in [6, 6.07) is -0.841. The van der Waals surface area contributed by atoms with Crippen molar-refractivity contribution in [1.82, 2.24) is 5.32 Å². The molecule has 3 atom stereocenters.